The minimum atomic E-state index is -0.299. The van der Waals surface area contributed by atoms with Gasteiger partial charge in [-0.05, 0) is 6.42 Å². The summed E-state index contributed by atoms with van der Waals surface area (Å²) in [5, 5.41) is 14.1. The van der Waals surface area contributed by atoms with Crippen molar-refractivity contribution in [3.8, 4) is 0 Å². The van der Waals surface area contributed by atoms with E-state index < -0.39 is 0 Å². The van der Waals surface area contributed by atoms with E-state index in [4.69, 9.17) is 0 Å². The number of aryl methyl sites for hydroxylation is 2. The average Bonchev–Trinajstić information content (AvgIpc) is 2.60. The monoisotopic (exact) mass is 211 g/mol. The third-order valence-electron chi connectivity index (χ3n) is 2.43. The topological polar surface area (TPSA) is 50.9 Å². The van der Waals surface area contributed by atoms with Crippen LogP contribution in [0.4, 0.5) is 0 Å². The third-order valence-corrected chi connectivity index (χ3v) is 2.43. The highest BCUT2D eigenvalue weighted by molar-refractivity contribution is 4.92. The van der Waals surface area contributed by atoms with Crippen LogP contribution in [0.15, 0.2) is 0 Å². The molecule has 0 aliphatic rings. The summed E-state index contributed by atoms with van der Waals surface area (Å²) in [7, 11) is 0. The summed E-state index contributed by atoms with van der Waals surface area (Å²) in [5.41, 5.74) is 0. The van der Waals surface area contributed by atoms with Gasteiger partial charge in [0.2, 0.25) is 0 Å². The van der Waals surface area contributed by atoms with Crippen LogP contribution in [0.1, 0.15) is 45.3 Å². The van der Waals surface area contributed by atoms with E-state index in [1.165, 1.54) is 0 Å². The van der Waals surface area contributed by atoms with Crippen LogP contribution in [0, 0.1) is 0 Å². The molecule has 0 spiro atoms. The molecule has 0 saturated carbocycles. The van der Waals surface area contributed by atoms with Crippen molar-refractivity contribution in [3.63, 3.8) is 0 Å². The van der Waals surface area contributed by atoms with Gasteiger partial charge in [-0.2, -0.15) is 5.10 Å². The number of nitrogens with zero attached hydrogens (tertiary/aromatic N) is 3. The Labute approximate surface area is 91.3 Å². The molecule has 1 aromatic heterocycles. The normalized spacial score (nSPS) is 13.1. The first-order chi connectivity index (χ1) is 7.21. The van der Waals surface area contributed by atoms with Gasteiger partial charge in [0.05, 0.1) is 12.6 Å². The Kier molecular flexibility index (Phi) is 4.75. The Morgan fingerprint density at radius 3 is 2.53 bits per heavy atom. The summed E-state index contributed by atoms with van der Waals surface area (Å²) >= 11 is 0. The summed E-state index contributed by atoms with van der Waals surface area (Å²) < 4.78 is 1.85. The predicted molar refractivity (Wildman–Crippen MR) is 59.7 cm³/mol. The van der Waals surface area contributed by atoms with E-state index in [-0.39, 0.29) is 6.10 Å². The second-order valence-electron chi connectivity index (χ2n) is 3.78. The molecule has 1 N–H and O–H groups in total. The fourth-order valence-corrected chi connectivity index (χ4v) is 1.61. The predicted octanol–water partition coefficient (Wildman–Crippen LogP) is 1.56. The van der Waals surface area contributed by atoms with Gasteiger partial charge < -0.3 is 5.11 Å². The quantitative estimate of drug-likeness (QED) is 0.777. The minimum absolute atomic E-state index is 0.299. The van der Waals surface area contributed by atoms with Crippen LogP contribution in [0.25, 0.3) is 0 Å². The second kappa shape index (κ2) is 5.85. The number of aliphatic hydroxyl groups is 1. The average molecular weight is 211 g/mol. The Balaban J connectivity index is 2.69. The van der Waals surface area contributed by atoms with E-state index in [2.05, 4.69) is 23.9 Å². The molecular formula is C11H21N3O. The van der Waals surface area contributed by atoms with E-state index in [1.807, 2.05) is 11.6 Å². The van der Waals surface area contributed by atoms with E-state index >= 15 is 0 Å². The fourth-order valence-electron chi connectivity index (χ4n) is 1.61. The standard InChI is InChI=1S/C11H21N3O/c1-4-7-9(15)8-14-11(6-3)12-10(5-2)13-14/h9,15H,4-8H2,1-3H3. The molecule has 1 rings (SSSR count). The molecule has 1 atom stereocenters. The third kappa shape index (κ3) is 3.30. The van der Waals surface area contributed by atoms with Gasteiger partial charge in [0.25, 0.3) is 0 Å². The zero-order valence-electron chi connectivity index (χ0n) is 9.90. The van der Waals surface area contributed by atoms with Crippen LogP contribution in [0.2, 0.25) is 0 Å². The highest BCUT2D eigenvalue weighted by atomic mass is 16.3. The number of rotatable bonds is 6. The van der Waals surface area contributed by atoms with Gasteiger partial charge in [-0.25, -0.2) is 9.67 Å². The van der Waals surface area contributed by atoms with Crippen LogP contribution in [0.5, 0.6) is 0 Å². The molecule has 86 valence electrons. The highest BCUT2D eigenvalue weighted by Gasteiger charge is 2.10. The minimum Gasteiger partial charge on any atom is -0.391 e. The molecule has 4 heteroatoms. The molecule has 0 aromatic carbocycles. The molecule has 1 heterocycles. The summed E-state index contributed by atoms with van der Waals surface area (Å²) in [6.45, 7) is 6.75. The lowest BCUT2D eigenvalue weighted by atomic mass is 10.2. The van der Waals surface area contributed by atoms with Crippen molar-refractivity contribution in [1.82, 2.24) is 14.8 Å². The molecule has 0 aliphatic heterocycles. The van der Waals surface area contributed by atoms with Gasteiger partial charge in [0.15, 0.2) is 5.82 Å². The van der Waals surface area contributed by atoms with E-state index in [0.717, 1.165) is 37.3 Å². The number of hydrogen-bond acceptors (Lipinski definition) is 3. The molecule has 0 radical (unpaired) electrons. The lowest BCUT2D eigenvalue weighted by molar-refractivity contribution is 0.137. The SMILES string of the molecule is CCCC(O)Cn1nc(CC)nc1CC. The maximum atomic E-state index is 9.72. The lowest BCUT2D eigenvalue weighted by Gasteiger charge is -2.10. The van der Waals surface area contributed by atoms with Gasteiger partial charge in [0, 0.05) is 12.8 Å². The Bertz CT molecular complexity index is 296. The van der Waals surface area contributed by atoms with Crippen molar-refractivity contribution in [2.24, 2.45) is 0 Å². The Hall–Kier alpha value is -0.900. The zero-order valence-corrected chi connectivity index (χ0v) is 9.90. The van der Waals surface area contributed by atoms with Crippen molar-refractivity contribution >= 4 is 0 Å². The number of hydrogen-bond donors (Lipinski definition) is 1. The summed E-state index contributed by atoms with van der Waals surface area (Å²) in [6, 6.07) is 0. The molecule has 1 unspecified atom stereocenters. The van der Waals surface area contributed by atoms with Crippen LogP contribution in [0.3, 0.4) is 0 Å². The van der Waals surface area contributed by atoms with Crippen LogP contribution < -0.4 is 0 Å². The molecule has 0 aliphatic carbocycles. The second-order valence-corrected chi connectivity index (χ2v) is 3.78. The Morgan fingerprint density at radius 2 is 2.00 bits per heavy atom. The molecule has 0 saturated heterocycles. The maximum Gasteiger partial charge on any atom is 0.150 e. The van der Waals surface area contributed by atoms with Gasteiger partial charge >= 0.3 is 0 Å². The van der Waals surface area contributed by atoms with Gasteiger partial charge in [-0.3, -0.25) is 0 Å². The van der Waals surface area contributed by atoms with E-state index in [0.29, 0.717) is 6.54 Å². The first-order valence-corrected chi connectivity index (χ1v) is 5.81. The fraction of sp³-hybridized carbons (Fsp3) is 0.818. The van der Waals surface area contributed by atoms with E-state index in [1.54, 1.807) is 0 Å². The molecule has 15 heavy (non-hydrogen) atoms. The number of aromatic nitrogens is 3. The first-order valence-electron chi connectivity index (χ1n) is 5.81. The van der Waals surface area contributed by atoms with Crippen molar-refractivity contribution in [3.05, 3.63) is 11.6 Å². The highest BCUT2D eigenvalue weighted by Crippen LogP contribution is 2.05. The first kappa shape index (κ1) is 12.2. The van der Waals surface area contributed by atoms with Gasteiger partial charge in [-0.15, -0.1) is 0 Å². The van der Waals surface area contributed by atoms with Crippen molar-refractivity contribution < 1.29 is 5.11 Å². The zero-order chi connectivity index (χ0) is 11.3. The number of aliphatic hydroxyl groups excluding tert-OH is 1. The van der Waals surface area contributed by atoms with Crippen LogP contribution >= 0.6 is 0 Å². The van der Waals surface area contributed by atoms with Gasteiger partial charge in [-0.1, -0.05) is 27.2 Å². The van der Waals surface area contributed by atoms with Crippen molar-refractivity contribution in [2.45, 2.75) is 59.1 Å². The summed E-state index contributed by atoms with van der Waals surface area (Å²) in [6.07, 6.45) is 3.24. The van der Waals surface area contributed by atoms with Crippen molar-refractivity contribution in [1.29, 1.82) is 0 Å². The summed E-state index contributed by atoms with van der Waals surface area (Å²) in [4.78, 5) is 4.40. The van der Waals surface area contributed by atoms with Crippen LogP contribution in [-0.2, 0) is 19.4 Å². The van der Waals surface area contributed by atoms with Crippen LogP contribution in [-0.4, -0.2) is 26.0 Å². The summed E-state index contributed by atoms with van der Waals surface area (Å²) in [5.74, 6) is 1.84. The van der Waals surface area contributed by atoms with Gasteiger partial charge in [0.1, 0.15) is 5.82 Å². The molecule has 0 bridgehead atoms. The lowest BCUT2D eigenvalue weighted by Crippen LogP contribution is -2.18. The van der Waals surface area contributed by atoms with Crippen molar-refractivity contribution in [2.75, 3.05) is 0 Å². The molecule has 0 amide bonds. The molecule has 0 fully saturated rings. The van der Waals surface area contributed by atoms with E-state index in [9.17, 15) is 5.11 Å². The molecular weight excluding hydrogens is 190 g/mol. The molecule has 4 nitrogen and oxygen atoms in total. The smallest absolute Gasteiger partial charge is 0.150 e. The largest absolute Gasteiger partial charge is 0.391 e. The Morgan fingerprint density at radius 1 is 1.27 bits per heavy atom. The maximum absolute atomic E-state index is 9.72. The molecule has 1 aromatic rings.